The number of hydrogen-bond acceptors (Lipinski definition) is 3. The molecule has 0 amide bonds. The molecule has 2 aromatic rings. The Kier molecular flexibility index (Phi) is 3.17. The van der Waals surface area contributed by atoms with Crippen LogP contribution >= 0.6 is 23.2 Å². The average Bonchev–Trinajstić information content (AvgIpc) is 2.18. The van der Waals surface area contributed by atoms with E-state index in [0.717, 1.165) is 11.1 Å². The lowest BCUT2D eigenvalue weighted by Crippen LogP contribution is -2.05. The quantitative estimate of drug-likeness (QED) is 0.607. The maximum absolute atomic E-state index is 5.98. The molecule has 0 aliphatic heterocycles. The Bertz CT molecular complexity index is 529. The lowest BCUT2D eigenvalue weighted by Gasteiger charge is -2.10. The van der Waals surface area contributed by atoms with Gasteiger partial charge < -0.3 is 4.74 Å². The highest BCUT2D eigenvalue weighted by atomic mass is 35.5. The van der Waals surface area contributed by atoms with E-state index >= 15 is 0 Å². The molecule has 2 rings (SSSR count). The van der Waals surface area contributed by atoms with Gasteiger partial charge in [0.25, 0.3) is 0 Å². The second-order valence-corrected chi connectivity index (χ2v) is 4.33. The van der Waals surface area contributed by atoms with Crippen LogP contribution in [0.25, 0.3) is 10.9 Å². The van der Waals surface area contributed by atoms with Gasteiger partial charge in [-0.3, -0.25) is 0 Å². The molecule has 16 heavy (non-hydrogen) atoms. The molecule has 0 aliphatic carbocycles. The Morgan fingerprint density at radius 1 is 1.19 bits per heavy atom. The fourth-order valence-corrected chi connectivity index (χ4v) is 1.84. The van der Waals surface area contributed by atoms with Crippen molar-refractivity contribution in [3.05, 3.63) is 28.6 Å². The molecule has 1 heterocycles. The third-order valence-electron chi connectivity index (χ3n) is 1.97. The molecule has 84 valence electrons. The van der Waals surface area contributed by atoms with E-state index in [1.807, 2.05) is 32.0 Å². The van der Waals surface area contributed by atoms with E-state index < -0.39 is 0 Å². The summed E-state index contributed by atoms with van der Waals surface area (Å²) in [5.74, 6) is 0.746. The number of aromatic nitrogens is 2. The summed E-state index contributed by atoms with van der Waals surface area (Å²) in [5.41, 5.74) is 0.709. The van der Waals surface area contributed by atoms with Gasteiger partial charge in [-0.15, -0.1) is 0 Å². The summed E-state index contributed by atoms with van der Waals surface area (Å²) in [6.07, 6.45) is 0.115. The molecule has 0 saturated carbocycles. The maximum atomic E-state index is 5.98. The largest absolute Gasteiger partial charge is 0.491 e. The minimum absolute atomic E-state index is 0.115. The highest BCUT2D eigenvalue weighted by Gasteiger charge is 2.06. The monoisotopic (exact) mass is 256 g/mol. The van der Waals surface area contributed by atoms with Gasteiger partial charge in [-0.25, -0.2) is 9.97 Å². The Balaban J connectivity index is 2.53. The van der Waals surface area contributed by atoms with Crippen LogP contribution in [0, 0.1) is 0 Å². The predicted molar refractivity (Wildman–Crippen MR) is 65.3 cm³/mol. The van der Waals surface area contributed by atoms with Crippen molar-refractivity contribution in [2.24, 2.45) is 0 Å². The zero-order valence-electron chi connectivity index (χ0n) is 8.87. The van der Waals surface area contributed by atoms with Crippen LogP contribution in [-0.2, 0) is 0 Å². The molecule has 0 atom stereocenters. The van der Waals surface area contributed by atoms with Crippen molar-refractivity contribution in [3.8, 4) is 5.75 Å². The van der Waals surface area contributed by atoms with Crippen molar-refractivity contribution < 1.29 is 4.74 Å². The summed E-state index contributed by atoms with van der Waals surface area (Å²) in [6, 6.07) is 5.46. The third kappa shape index (κ3) is 2.36. The van der Waals surface area contributed by atoms with Gasteiger partial charge in [0, 0.05) is 5.39 Å². The first-order valence-corrected chi connectivity index (χ1v) is 5.61. The molecule has 3 nitrogen and oxygen atoms in total. The van der Waals surface area contributed by atoms with Gasteiger partial charge in [0.15, 0.2) is 0 Å². The van der Waals surface area contributed by atoms with Crippen molar-refractivity contribution in [2.45, 2.75) is 20.0 Å². The molecule has 0 spiro atoms. The molecule has 0 unspecified atom stereocenters. The number of ether oxygens (including phenoxy) is 1. The summed E-state index contributed by atoms with van der Waals surface area (Å²) in [6.45, 7) is 3.92. The van der Waals surface area contributed by atoms with Crippen LogP contribution < -0.4 is 4.74 Å². The van der Waals surface area contributed by atoms with Gasteiger partial charge in [-0.1, -0.05) is 11.6 Å². The van der Waals surface area contributed by atoms with Gasteiger partial charge in [0.2, 0.25) is 5.28 Å². The van der Waals surface area contributed by atoms with E-state index in [0.29, 0.717) is 10.7 Å². The first-order valence-electron chi connectivity index (χ1n) is 4.85. The van der Waals surface area contributed by atoms with Gasteiger partial charge in [-0.2, -0.15) is 0 Å². The number of rotatable bonds is 2. The SMILES string of the molecule is CC(C)Oc1ccc2nc(Cl)nc(Cl)c2c1. The molecule has 0 aliphatic rings. The van der Waals surface area contributed by atoms with Crippen LogP contribution in [0.4, 0.5) is 0 Å². The lowest BCUT2D eigenvalue weighted by atomic mass is 10.2. The number of halogens is 2. The fourth-order valence-electron chi connectivity index (χ4n) is 1.39. The van der Waals surface area contributed by atoms with Crippen LogP contribution in [0.15, 0.2) is 18.2 Å². The normalized spacial score (nSPS) is 11.1. The number of hydrogen-bond donors (Lipinski definition) is 0. The maximum Gasteiger partial charge on any atom is 0.224 e. The number of nitrogens with zero attached hydrogens (tertiary/aromatic N) is 2. The van der Waals surface area contributed by atoms with Gasteiger partial charge in [0.05, 0.1) is 11.6 Å². The Morgan fingerprint density at radius 2 is 1.94 bits per heavy atom. The van der Waals surface area contributed by atoms with Gasteiger partial charge >= 0.3 is 0 Å². The number of fused-ring (bicyclic) bond motifs is 1. The van der Waals surface area contributed by atoms with Crippen LogP contribution in [-0.4, -0.2) is 16.1 Å². The molecule has 0 saturated heterocycles. The van der Waals surface area contributed by atoms with Gasteiger partial charge in [0.1, 0.15) is 10.9 Å². The highest BCUT2D eigenvalue weighted by molar-refractivity contribution is 6.35. The van der Waals surface area contributed by atoms with Gasteiger partial charge in [-0.05, 0) is 43.6 Å². The molecule has 5 heteroatoms. The Labute approximate surface area is 103 Å². The molecule has 1 aromatic heterocycles. The van der Waals surface area contributed by atoms with Crippen molar-refractivity contribution in [1.82, 2.24) is 9.97 Å². The van der Waals surface area contributed by atoms with Crippen molar-refractivity contribution >= 4 is 34.1 Å². The minimum atomic E-state index is 0.115. The second-order valence-electron chi connectivity index (χ2n) is 3.63. The van der Waals surface area contributed by atoms with Crippen molar-refractivity contribution in [1.29, 1.82) is 0 Å². The predicted octanol–water partition coefficient (Wildman–Crippen LogP) is 3.72. The summed E-state index contributed by atoms with van der Waals surface area (Å²) in [7, 11) is 0. The Hall–Kier alpha value is -1.06. The molecular weight excluding hydrogens is 247 g/mol. The zero-order chi connectivity index (χ0) is 11.7. The van der Waals surface area contributed by atoms with E-state index in [1.165, 1.54) is 0 Å². The summed E-state index contributed by atoms with van der Waals surface area (Å²) in [4.78, 5) is 7.96. The van der Waals surface area contributed by atoms with Crippen LogP contribution in [0.1, 0.15) is 13.8 Å². The zero-order valence-corrected chi connectivity index (χ0v) is 10.4. The van der Waals surface area contributed by atoms with E-state index in [1.54, 1.807) is 0 Å². The molecule has 0 bridgehead atoms. The topological polar surface area (TPSA) is 35.0 Å². The van der Waals surface area contributed by atoms with Crippen LogP contribution in [0.5, 0.6) is 5.75 Å². The lowest BCUT2D eigenvalue weighted by molar-refractivity contribution is 0.243. The smallest absolute Gasteiger partial charge is 0.224 e. The molecule has 0 N–H and O–H groups in total. The van der Waals surface area contributed by atoms with E-state index in [-0.39, 0.29) is 11.4 Å². The van der Waals surface area contributed by atoms with Crippen LogP contribution in [0.3, 0.4) is 0 Å². The van der Waals surface area contributed by atoms with Crippen molar-refractivity contribution in [3.63, 3.8) is 0 Å². The third-order valence-corrected chi connectivity index (χ3v) is 2.42. The average molecular weight is 257 g/mol. The summed E-state index contributed by atoms with van der Waals surface area (Å²) in [5, 5.41) is 1.23. The minimum Gasteiger partial charge on any atom is -0.491 e. The molecular formula is C11H10Cl2N2O. The number of benzene rings is 1. The second kappa shape index (κ2) is 4.44. The molecule has 1 aromatic carbocycles. The standard InChI is InChI=1S/C11H10Cl2N2O/c1-6(2)16-7-3-4-9-8(5-7)10(12)15-11(13)14-9/h3-6H,1-2H3. The summed E-state index contributed by atoms with van der Waals surface area (Å²) < 4.78 is 5.56. The highest BCUT2D eigenvalue weighted by Crippen LogP contribution is 2.26. The van der Waals surface area contributed by atoms with Crippen LogP contribution in [0.2, 0.25) is 10.4 Å². The summed E-state index contributed by atoms with van der Waals surface area (Å²) >= 11 is 11.7. The van der Waals surface area contributed by atoms with Crippen molar-refractivity contribution in [2.75, 3.05) is 0 Å². The van der Waals surface area contributed by atoms with E-state index in [9.17, 15) is 0 Å². The Morgan fingerprint density at radius 3 is 2.62 bits per heavy atom. The molecule has 0 fully saturated rings. The first-order chi connectivity index (χ1) is 7.56. The van der Waals surface area contributed by atoms with E-state index in [4.69, 9.17) is 27.9 Å². The fraction of sp³-hybridized carbons (Fsp3) is 0.273. The molecule has 0 radical (unpaired) electrons. The first kappa shape index (κ1) is 11.4. The van der Waals surface area contributed by atoms with E-state index in [2.05, 4.69) is 9.97 Å².